The molecule has 1 rings (SSSR count). The van der Waals surface area contributed by atoms with E-state index in [2.05, 4.69) is 15.9 Å². The van der Waals surface area contributed by atoms with Crippen LogP contribution >= 0.6 is 27.7 Å². The maximum atomic E-state index is 5.76. The average Bonchev–Trinajstić information content (AvgIpc) is 2.03. The molecule has 1 aromatic carbocycles. The summed E-state index contributed by atoms with van der Waals surface area (Å²) in [6, 6.07) is 5.83. The number of halogens is 1. The minimum atomic E-state index is 0.631. The van der Waals surface area contributed by atoms with Crippen LogP contribution in [0.3, 0.4) is 0 Å². The number of hydrogen-bond donors (Lipinski definition) is 1. The van der Waals surface area contributed by atoms with Gasteiger partial charge < -0.3 is 10.5 Å². The van der Waals surface area contributed by atoms with E-state index in [0.717, 1.165) is 15.1 Å². The first-order chi connectivity index (χ1) is 5.74. The summed E-state index contributed by atoms with van der Waals surface area (Å²) in [6.07, 6.45) is 0. The molecule has 12 heavy (non-hydrogen) atoms. The van der Waals surface area contributed by atoms with Crippen molar-refractivity contribution in [2.75, 3.05) is 18.8 Å². The lowest BCUT2D eigenvalue weighted by Gasteiger charge is -2.04. The maximum Gasteiger partial charge on any atom is 0.0963 e. The molecule has 66 valence electrons. The zero-order chi connectivity index (χ0) is 8.97. The number of nitrogen functional groups attached to an aromatic ring is 1. The Hall–Kier alpha value is -0.190. The Labute approximate surface area is 84.6 Å². The van der Waals surface area contributed by atoms with Crippen molar-refractivity contribution >= 4 is 33.4 Å². The van der Waals surface area contributed by atoms with Crippen LogP contribution in [0.1, 0.15) is 0 Å². The molecule has 0 aliphatic rings. The Balaban J connectivity index is 2.72. The minimum Gasteiger partial charge on any atom is -0.398 e. The number of rotatable bonds is 3. The summed E-state index contributed by atoms with van der Waals surface area (Å²) in [5.74, 6) is 0.631. The lowest BCUT2D eigenvalue weighted by Crippen LogP contribution is -1.89. The fourth-order valence-electron chi connectivity index (χ4n) is 0.773. The number of methoxy groups -OCH3 is 1. The van der Waals surface area contributed by atoms with E-state index in [0.29, 0.717) is 5.94 Å². The SMILES string of the molecule is COCSc1ccc(Br)cc1N. The van der Waals surface area contributed by atoms with Crippen molar-refractivity contribution in [1.29, 1.82) is 0 Å². The van der Waals surface area contributed by atoms with Gasteiger partial charge in [-0.2, -0.15) is 0 Å². The summed E-state index contributed by atoms with van der Waals surface area (Å²) in [4.78, 5) is 1.06. The molecule has 1 aromatic rings. The normalized spacial score (nSPS) is 10.2. The molecule has 2 nitrogen and oxygen atoms in total. The number of ether oxygens (including phenoxy) is 1. The average molecular weight is 248 g/mol. The van der Waals surface area contributed by atoms with Crippen LogP contribution in [0.25, 0.3) is 0 Å². The molecule has 0 aliphatic carbocycles. The predicted molar refractivity (Wildman–Crippen MR) is 56.3 cm³/mol. The molecule has 0 aliphatic heterocycles. The van der Waals surface area contributed by atoms with Crippen molar-refractivity contribution in [3.63, 3.8) is 0 Å². The monoisotopic (exact) mass is 247 g/mol. The number of nitrogens with two attached hydrogens (primary N) is 1. The molecule has 0 unspecified atom stereocenters. The highest BCUT2D eigenvalue weighted by Gasteiger charge is 1.99. The summed E-state index contributed by atoms with van der Waals surface area (Å²) in [5.41, 5.74) is 6.54. The van der Waals surface area contributed by atoms with Gasteiger partial charge in [-0.25, -0.2) is 0 Å². The summed E-state index contributed by atoms with van der Waals surface area (Å²) in [7, 11) is 1.67. The van der Waals surface area contributed by atoms with Crippen LogP contribution in [0.5, 0.6) is 0 Å². The predicted octanol–water partition coefficient (Wildman–Crippen LogP) is 2.73. The highest BCUT2D eigenvalue weighted by Crippen LogP contribution is 2.27. The Bertz CT molecular complexity index is 267. The van der Waals surface area contributed by atoms with Crippen molar-refractivity contribution in [1.82, 2.24) is 0 Å². The zero-order valence-corrected chi connectivity index (χ0v) is 9.11. The second kappa shape index (κ2) is 4.74. The van der Waals surface area contributed by atoms with Crippen LogP contribution in [0.4, 0.5) is 5.69 Å². The topological polar surface area (TPSA) is 35.2 Å². The van der Waals surface area contributed by atoms with Crippen molar-refractivity contribution in [3.8, 4) is 0 Å². The standard InChI is InChI=1S/C8H10BrNOS/c1-11-5-12-8-3-2-6(9)4-7(8)10/h2-4H,5,10H2,1H3. The van der Waals surface area contributed by atoms with Crippen molar-refractivity contribution < 1.29 is 4.74 Å². The molecule has 0 bridgehead atoms. The van der Waals surface area contributed by atoms with E-state index < -0.39 is 0 Å². The van der Waals surface area contributed by atoms with Gasteiger partial charge in [0, 0.05) is 22.2 Å². The third kappa shape index (κ3) is 2.69. The minimum absolute atomic E-state index is 0.631. The van der Waals surface area contributed by atoms with E-state index in [1.165, 1.54) is 0 Å². The maximum absolute atomic E-state index is 5.76. The van der Waals surface area contributed by atoms with Crippen LogP contribution in [0.15, 0.2) is 27.6 Å². The molecule has 0 radical (unpaired) electrons. The van der Waals surface area contributed by atoms with E-state index in [4.69, 9.17) is 10.5 Å². The summed E-state index contributed by atoms with van der Waals surface area (Å²) in [6.45, 7) is 0. The van der Waals surface area contributed by atoms with Crippen LogP contribution in [0.2, 0.25) is 0 Å². The third-order valence-electron chi connectivity index (χ3n) is 1.30. The molecular weight excluding hydrogens is 238 g/mol. The van der Waals surface area contributed by atoms with Gasteiger partial charge in [-0.05, 0) is 18.2 Å². The second-order valence-electron chi connectivity index (χ2n) is 2.23. The fourth-order valence-corrected chi connectivity index (χ4v) is 1.79. The Morgan fingerprint density at radius 3 is 2.92 bits per heavy atom. The Morgan fingerprint density at radius 2 is 2.33 bits per heavy atom. The van der Waals surface area contributed by atoms with E-state index >= 15 is 0 Å². The van der Waals surface area contributed by atoms with Gasteiger partial charge in [-0.15, -0.1) is 0 Å². The molecule has 0 atom stereocenters. The number of hydrogen-bond acceptors (Lipinski definition) is 3. The zero-order valence-electron chi connectivity index (χ0n) is 6.71. The molecular formula is C8H10BrNOS. The van der Waals surface area contributed by atoms with Gasteiger partial charge >= 0.3 is 0 Å². The van der Waals surface area contributed by atoms with Gasteiger partial charge in [0.1, 0.15) is 0 Å². The highest BCUT2D eigenvalue weighted by atomic mass is 79.9. The quantitative estimate of drug-likeness (QED) is 0.507. The van der Waals surface area contributed by atoms with Gasteiger partial charge in [0.25, 0.3) is 0 Å². The highest BCUT2D eigenvalue weighted by molar-refractivity contribution is 9.10. The van der Waals surface area contributed by atoms with Gasteiger partial charge in [-0.1, -0.05) is 27.7 Å². The molecule has 0 saturated carbocycles. The van der Waals surface area contributed by atoms with Crippen molar-refractivity contribution in [3.05, 3.63) is 22.7 Å². The summed E-state index contributed by atoms with van der Waals surface area (Å²) >= 11 is 4.93. The molecule has 0 amide bonds. The van der Waals surface area contributed by atoms with Crippen LogP contribution in [0, 0.1) is 0 Å². The molecule has 0 heterocycles. The van der Waals surface area contributed by atoms with Crippen molar-refractivity contribution in [2.45, 2.75) is 4.90 Å². The first-order valence-electron chi connectivity index (χ1n) is 3.41. The van der Waals surface area contributed by atoms with Gasteiger partial charge in [-0.3, -0.25) is 0 Å². The van der Waals surface area contributed by atoms with Crippen LogP contribution < -0.4 is 5.73 Å². The molecule has 0 spiro atoms. The lowest BCUT2D eigenvalue weighted by atomic mass is 10.3. The van der Waals surface area contributed by atoms with Crippen LogP contribution in [-0.4, -0.2) is 13.0 Å². The number of thioether (sulfide) groups is 1. The molecule has 4 heteroatoms. The molecule has 0 fully saturated rings. The second-order valence-corrected chi connectivity index (χ2v) is 4.11. The van der Waals surface area contributed by atoms with E-state index in [1.807, 2.05) is 18.2 Å². The van der Waals surface area contributed by atoms with E-state index in [1.54, 1.807) is 18.9 Å². The molecule has 0 saturated heterocycles. The first kappa shape index (κ1) is 9.89. The van der Waals surface area contributed by atoms with E-state index in [9.17, 15) is 0 Å². The van der Waals surface area contributed by atoms with Gasteiger partial charge in [0.2, 0.25) is 0 Å². The van der Waals surface area contributed by atoms with Crippen molar-refractivity contribution in [2.24, 2.45) is 0 Å². The third-order valence-corrected chi connectivity index (χ3v) is 2.83. The molecule has 2 N–H and O–H groups in total. The number of benzene rings is 1. The Kier molecular flexibility index (Phi) is 3.91. The number of anilines is 1. The summed E-state index contributed by atoms with van der Waals surface area (Å²) < 4.78 is 5.93. The van der Waals surface area contributed by atoms with Gasteiger partial charge in [0.15, 0.2) is 0 Å². The van der Waals surface area contributed by atoms with E-state index in [-0.39, 0.29) is 0 Å². The summed E-state index contributed by atoms with van der Waals surface area (Å²) in [5, 5.41) is 0. The Morgan fingerprint density at radius 1 is 1.58 bits per heavy atom. The smallest absolute Gasteiger partial charge is 0.0963 e. The first-order valence-corrected chi connectivity index (χ1v) is 5.18. The van der Waals surface area contributed by atoms with Crippen LogP contribution in [-0.2, 0) is 4.74 Å². The largest absolute Gasteiger partial charge is 0.398 e. The van der Waals surface area contributed by atoms with Gasteiger partial charge in [0.05, 0.1) is 5.94 Å². The molecule has 0 aromatic heterocycles. The fraction of sp³-hybridized carbons (Fsp3) is 0.250. The lowest BCUT2D eigenvalue weighted by molar-refractivity contribution is 0.259.